The molecule has 0 radical (unpaired) electrons. The third kappa shape index (κ3) is 2.26. The molecule has 0 aromatic heterocycles. The normalized spacial score (nSPS) is 20.1. The van der Waals surface area contributed by atoms with Crippen LogP contribution in [0.3, 0.4) is 0 Å². The molecule has 2 N–H and O–H groups in total. The van der Waals surface area contributed by atoms with Gasteiger partial charge in [-0.2, -0.15) is 8.78 Å². The largest absolute Gasteiger partial charge is 0.435 e. The summed E-state index contributed by atoms with van der Waals surface area (Å²) >= 11 is 0. The summed E-state index contributed by atoms with van der Waals surface area (Å²) in [6, 6.07) is 4.98. The van der Waals surface area contributed by atoms with E-state index in [9.17, 15) is 8.78 Å². The number of rotatable bonds is 2. The van der Waals surface area contributed by atoms with E-state index in [1.54, 1.807) is 12.1 Å². The van der Waals surface area contributed by atoms with Crippen molar-refractivity contribution in [1.82, 2.24) is 0 Å². The fourth-order valence-corrected chi connectivity index (χ4v) is 1.99. The van der Waals surface area contributed by atoms with Crippen LogP contribution in [0.25, 0.3) is 0 Å². The zero-order valence-electron chi connectivity index (χ0n) is 8.25. The molecule has 82 valence electrons. The van der Waals surface area contributed by atoms with E-state index in [1.165, 1.54) is 0 Å². The van der Waals surface area contributed by atoms with Crippen molar-refractivity contribution >= 4 is 0 Å². The minimum absolute atomic E-state index is 0.0463. The van der Waals surface area contributed by atoms with Gasteiger partial charge in [0.15, 0.2) is 0 Å². The Labute approximate surface area is 87.0 Å². The highest BCUT2D eigenvalue weighted by molar-refractivity contribution is 5.39. The standard InChI is InChI=1S/C11H13F2NO/c12-11(13)15-8-5-4-7-2-1-3-10(14)9(7)6-8/h4-6,10-11H,1-3,14H2/t10-/m0/s1. The maximum atomic E-state index is 12.0. The van der Waals surface area contributed by atoms with Crippen LogP contribution in [0.4, 0.5) is 8.78 Å². The van der Waals surface area contributed by atoms with Crippen molar-refractivity contribution in [1.29, 1.82) is 0 Å². The molecule has 1 aliphatic rings. The van der Waals surface area contributed by atoms with Crippen LogP contribution in [-0.2, 0) is 6.42 Å². The summed E-state index contributed by atoms with van der Waals surface area (Å²) in [5, 5.41) is 0. The summed E-state index contributed by atoms with van der Waals surface area (Å²) < 4.78 is 28.3. The number of hydrogen-bond acceptors (Lipinski definition) is 2. The minimum atomic E-state index is -2.78. The zero-order valence-corrected chi connectivity index (χ0v) is 8.25. The Morgan fingerprint density at radius 2 is 2.20 bits per heavy atom. The van der Waals surface area contributed by atoms with Gasteiger partial charge in [-0.25, -0.2) is 0 Å². The molecule has 0 fully saturated rings. The van der Waals surface area contributed by atoms with Crippen LogP contribution >= 0.6 is 0 Å². The second kappa shape index (κ2) is 4.14. The number of aryl methyl sites for hydroxylation is 1. The van der Waals surface area contributed by atoms with E-state index in [0.717, 1.165) is 30.4 Å². The van der Waals surface area contributed by atoms with E-state index in [4.69, 9.17) is 5.73 Å². The molecule has 0 saturated carbocycles. The Morgan fingerprint density at radius 1 is 1.40 bits per heavy atom. The first-order valence-corrected chi connectivity index (χ1v) is 5.00. The Bertz CT molecular complexity index is 354. The summed E-state index contributed by atoms with van der Waals surface area (Å²) in [6.07, 6.45) is 2.94. The summed E-state index contributed by atoms with van der Waals surface area (Å²) in [5.74, 6) is 0.195. The lowest BCUT2D eigenvalue weighted by Crippen LogP contribution is -2.17. The van der Waals surface area contributed by atoms with E-state index in [0.29, 0.717) is 0 Å². The average Bonchev–Trinajstić information content (AvgIpc) is 2.18. The highest BCUT2D eigenvalue weighted by Crippen LogP contribution is 2.31. The van der Waals surface area contributed by atoms with E-state index in [-0.39, 0.29) is 11.8 Å². The van der Waals surface area contributed by atoms with Gasteiger partial charge in [-0.05, 0) is 42.5 Å². The van der Waals surface area contributed by atoms with Crippen molar-refractivity contribution in [3.8, 4) is 5.75 Å². The molecule has 1 atom stereocenters. The summed E-state index contributed by atoms with van der Waals surface area (Å²) in [4.78, 5) is 0. The second-order valence-corrected chi connectivity index (χ2v) is 3.74. The molecule has 0 amide bonds. The molecular formula is C11H13F2NO. The molecule has 2 nitrogen and oxygen atoms in total. The number of fused-ring (bicyclic) bond motifs is 1. The lowest BCUT2D eigenvalue weighted by Gasteiger charge is -2.22. The van der Waals surface area contributed by atoms with Gasteiger partial charge >= 0.3 is 6.61 Å². The molecule has 0 unspecified atom stereocenters. The highest BCUT2D eigenvalue weighted by Gasteiger charge is 2.17. The molecule has 4 heteroatoms. The van der Waals surface area contributed by atoms with Crippen LogP contribution < -0.4 is 10.5 Å². The highest BCUT2D eigenvalue weighted by atomic mass is 19.3. The number of hydrogen-bond donors (Lipinski definition) is 1. The molecule has 15 heavy (non-hydrogen) atoms. The topological polar surface area (TPSA) is 35.2 Å². The molecular weight excluding hydrogens is 200 g/mol. The van der Waals surface area contributed by atoms with E-state index in [2.05, 4.69) is 4.74 Å². The molecule has 0 aliphatic heterocycles. The number of halogens is 2. The van der Waals surface area contributed by atoms with Gasteiger partial charge in [0.1, 0.15) is 5.75 Å². The third-order valence-corrected chi connectivity index (χ3v) is 2.70. The molecule has 0 heterocycles. The first-order valence-electron chi connectivity index (χ1n) is 5.00. The van der Waals surface area contributed by atoms with Crippen molar-refractivity contribution < 1.29 is 13.5 Å². The first-order chi connectivity index (χ1) is 7.16. The van der Waals surface area contributed by atoms with Gasteiger partial charge in [0, 0.05) is 6.04 Å². The number of benzene rings is 1. The summed E-state index contributed by atoms with van der Waals surface area (Å²) in [7, 11) is 0. The predicted molar refractivity (Wildman–Crippen MR) is 52.9 cm³/mol. The summed E-state index contributed by atoms with van der Waals surface area (Å²) in [6.45, 7) is -2.78. The fourth-order valence-electron chi connectivity index (χ4n) is 1.99. The van der Waals surface area contributed by atoms with Gasteiger partial charge in [0.25, 0.3) is 0 Å². The Morgan fingerprint density at radius 3 is 2.93 bits per heavy atom. The van der Waals surface area contributed by atoms with Gasteiger partial charge in [-0.1, -0.05) is 6.07 Å². The van der Waals surface area contributed by atoms with Crippen LogP contribution in [0, 0.1) is 0 Å². The van der Waals surface area contributed by atoms with Crippen molar-refractivity contribution in [2.75, 3.05) is 0 Å². The van der Waals surface area contributed by atoms with Crippen molar-refractivity contribution in [2.45, 2.75) is 31.9 Å². The quantitative estimate of drug-likeness (QED) is 0.819. The van der Waals surface area contributed by atoms with Gasteiger partial charge in [-0.3, -0.25) is 0 Å². The molecule has 2 rings (SSSR count). The van der Waals surface area contributed by atoms with Crippen LogP contribution in [0.2, 0.25) is 0 Å². The molecule has 1 aromatic carbocycles. The Hall–Kier alpha value is -1.16. The van der Waals surface area contributed by atoms with Gasteiger partial charge in [-0.15, -0.1) is 0 Å². The molecule has 1 aromatic rings. The average molecular weight is 213 g/mol. The number of alkyl halides is 2. The van der Waals surface area contributed by atoms with Gasteiger partial charge < -0.3 is 10.5 Å². The lowest BCUT2D eigenvalue weighted by molar-refractivity contribution is -0.0499. The minimum Gasteiger partial charge on any atom is -0.435 e. The summed E-state index contributed by atoms with van der Waals surface area (Å²) in [5.41, 5.74) is 8.00. The van der Waals surface area contributed by atoms with Crippen LogP contribution in [0.15, 0.2) is 18.2 Å². The molecule has 0 bridgehead atoms. The van der Waals surface area contributed by atoms with Crippen molar-refractivity contribution in [3.05, 3.63) is 29.3 Å². The Kier molecular flexibility index (Phi) is 2.86. The van der Waals surface area contributed by atoms with Crippen molar-refractivity contribution in [3.63, 3.8) is 0 Å². The first kappa shape index (κ1) is 10.4. The second-order valence-electron chi connectivity index (χ2n) is 3.74. The lowest BCUT2D eigenvalue weighted by atomic mass is 9.88. The predicted octanol–water partition coefficient (Wildman–Crippen LogP) is 2.62. The molecule has 0 spiro atoms. The van der Waals surface area contributed by atoms with Crippen molar-refractivity contribution in [2.24, 2.45) is 5.73 Å². The van der Waals surface area contributed by atoms with Gasteiger partial charge in [0.05, 0.1) is 0 Å². The fraction of sp³-hybridized carbons (Fsp3) is 0.455. The third-order valence-electron chi connectivity index (χ3n) is 2.70. The molecule has 0 saturated heterocycles. The van der Waals surface area contributed by atoms with Gasteiger partial charge in [0.2, 0.25) is 0 Å². The van der Waals surface area contributed by atoms with E-state index >= 15 is 0 Å². The maximum Gasteiger partial charge on any atom is 0.387 e. The number of ether oxygens (including phenoxy) is 1. The van der Waals surface area contributed by atoms with E-state index < -0.39 is 6.61 Å². The number of nitrogens with two attached hydrogens (primary N) is 1. The maximum absolute atomic E-state index is 12.0. The van der Waals surface area contributed by atoms with Crippen LogP contribution in [0.1, 0.15) is 30.0 Å². The smallest absolute Gasteiger partial charge is 0.387 e. The Balaban J connectivity index is 2.27. The SMILES string of the molecule is N[C@H]1CCCc2ccc(OC(F)F)cc21. The van der Waals surface area contributed by atoms with E-state index in [1.807, 2.05) is 6.07 Å². The zero-order chi connectivity index (χ0) is 10.8. The molecule has 1 aliphatic carbocycles. The van der Waals surface area contributed by atoms with Crippen LogP contribution in [0.5, 0.6) is 5.75 Å². The van der Waals surface area contributed by atoms with Crippen LogP contribution in [-0.4, -0.2) is 6.61 Å². The monoisotopic (exact) mass is 213 g/mol.